The quantitative estimate of drug-likeness (QED) is 0.600. The second-order valence-electron chi connectivity index (χ2n) is 4.37. The van der Waals surface area contributed by atoms with E-state index < -0.39 is 0 Å². The highest BCUT2D eigenvalue weighted by Crippen LogP contribution is 2.13. The van der Waals surface area contributed by atoms with Gasteiger partial charge in [0.2, 0.25) is 0 Å². The number of nitrogens with zero attached hydrogens (tertiary/aromatic N) is 1. The molecule has 5 nitrogen and oxygen atoms in total. The number of amides is 1. The molecule has 0 N–H and O–H groups in total. The second kappa shape index (κ2) is 6.86. The topological polar surface area (TPSA) is 55.8 Å². The van der Waals surface area contributed by atoms with E-state index in [0.29, 0.717) is 37.6 Å². The Morgan fingerprint density at radius 1 is 1.25 bits per heavy atom. The van der Waals surface area contributed by atoms with Crippen molar-refractivity contribution in [2.45, 2.75) is 0 Å². The molecule has 1 aliphatic rings. The van der Waals surface area contributed by atoms with Gasteiger partial charge in [-0.1, -0.05) is 6.58 Å². The summed E-state index contributed by atoms with van der Waals surface area (Å²) in [7, 11) is 0. The number of morpholine rings is 1. The van der Waals surface area contributed by atoms with Crippen LogP contribution in [0.15, 0.2) is 36.9 Å². The van der Waals surface area contributed by atoms with Gasteiger partial charge in [-0.3, -0.25) is 9.59 Å². The number of ether oxygens (including phenoxy) is 2. The normalized spacial score (nSPS) is 14.7. The first-order valence-corrected chi connectivity index (χ1v) is 6.46. The van der Waals surface area contributed by atoms with E-state index in [0.717, 1.165) is 0 Å². The van der Waals surface area contributed by atoms with Gasteiger partial charge in [-0.15, -0.1) is 0 Å². The Hall–Kier alpha value is -2.14. The molecule has 1 aromatic carbocycles. The third-order valence-corrected chi connectivity index (χ3v) is 3.05. The van der Waals surface area contributed by atoms with Gasteiger partial charge in [0.1, 0.15) is 5.75 Å². The van der Waals surface area contributed by atoms with Crippen molar-refractivity contribution >= 4 is 11.7 Å². The van der Waals surface area contributed by atoms with Crippen molar-refractivity contribution in [3.05, 3.63) is 42.5 Å². The van der Waals surface area contributed by atoms with E-state index in [1.165, 1.54) is 6.08 Å². The van der Waals surface area contributed by atoms with Gasteiger partial charge in [0.15, 0.2) is 12.4 Å². The molecular formula is C15H17NO4. The summed E-state index contributed by atoms with van der Waals surface area (Å²) in [5.74, 6) is 0.368. The van der Waals surface area contributed by atoms with Crippen molar-refractivity contribution in [3.63, 3.8) is 0 Å². The summed E-state index contributed by atoms with van der Waals surface area (Å²) in [5, 5.41) is 0. The van der Waals surface area contributed by atoms with Crippen LogP contribution in [0.5, 0.6) is 5.75 Å². The van der Waals surface area contributed by atoms with Crippen molar-refractivity contribution in [2.24, 2.45) is 0 Å². The summed E-state index contributed by atoms with van der Waals surface area (Å²) in [6.07, 6.45) is 1.26. The molecule has 0 spiro atoms. The molecule has 0 aromatic heterocycles. The molecule has 1 aromatic rings. The predicted octanol–water partition coefficient (Wildman–Crippen LogP) is 1.29. The molecule has 0 saturated carbocycles. The lowest BCUT2D eigenvalue weighted by molar-refractivity contribution is -0.137. The minimum absolute atomic E-state index is 0.00521. The second-order valence-corrected chi connectivity index (χ2v) is 4.37. The monoisotopic (exact) mass is 275 g/mol. The fraction of sp³-hybridized carbons (Fsp3) is 0.333. The Labute approximate surface area is 117 Å². The largest absolute Gasteiger partial charge is 0.484 e. The van der Waals surface area contributed by atoms with Gasteiger partial charge in [0, 0.05) is 18.7 Å². The standard InChI is InChI=1S/C15H17NO4/c1-2-14(17)12-3-5-13(6-4-12)20-11-15(18)16-7-9-19-10-8-16/h2-6H,1,7-11H2. The average Bonchev–Trinajstić information content (AvgIpc) is 2.53. The molecule has 0 atom stereocenters. The van der Waals surface area contributed by atoms with Crippen LogP contribution in [0.4, 0.5) is 0 Å². The van der Waals surface area contributed by atoms with Crippen LogP contribution in [-0.2, 0) is 9.53 Å². The molecule has 1 heterocycles. The van der Waals surface area contributed by atoms with E-state index in [1.54, 1.807) is 29.2 Å². The summed E-state index contributed by atoms with van der Waals surface area (Å²) in [6.45, 7) is 5.78. The molecule has 1 aliphatic heterocycles. The lowest BCUT2D eigenvalue weighted by atomic mass is 10.1. The Kier molecular flexibility index (Phi) is 4.90. The minimum Gasteiger partial charge on any atom is -0.484 e. The molecule has 1 fully saturated rings. The van der Waals surface area contributed by atoms with Gasteiger partial charge in [-0.2, -0.15) is 0 Å². The van der Waals surface area contributed by atoms with Crippen LogP contribution in [0.1, 0.15) is 10.4 Å². The fourth-order valence-corrected chi connectivity index (χ4v) is 1.88. The molecule has 0 aliphatic carbocycles. The van der Waals surface area contributed by atoms with E-state index in [1.807, 2.05) is 0 Å². The number of allylic oxidation sites excluding steroid dienone is 1. The van der Waals surface area contributed by atoms with Crippen molar-refractivity contribution < 1.29 is 19.1 Å². The van der Waals surface area contributed by atoms with E-state index >= 15 is 0 Å². The number of hydrogen-bond acceptors (Lipinski definition) is 4. The number of rotatable bonds is 5. The maximum atomic E-state index is 11.9. The molecule has 0 unspecified atom stereocenters. The number of ketones is 1. The summed E-state index contributed by atoms with van der Waals surface area (Å²) in [5.41, 5.74) is 0.548. The van der Waals surface area contributed by atoms with E-state index in [4.69, 9.17) is 9.47 Å². The van der Waals surface area contributed by atoms with Crippen molar-refractivity contribution in [1.82, 2.24) is 4.90 Å². The van der Waals surface area contributed by atoms with Crippen LogP contribution in [0.3, 0.4) is 0 Å². The lowest BCUT2D eigenvalue weighted by Gasteiger charge is -2.26. The lowest BCUT2D eigenvalue weighted by Crippen LogP contribution is -2.42. The molecule has 5 heteroatoms. The zero-order valence-electron chi connectivity index (χ0n) is 11.2. The van der Waals surface area contributed by atoms with Crippen molar-refractivity contribution in [3.8, 4) is 5.75 Å². The number of hydrogen-bond donors (Lipinski definition) is 0. The van der Waals surface area contributed by atoms with Gasteiger partial charge in [-0.05, 0) is 30.3 Å². The molecule has 106 valence electrons. The first-order chi connectivity index (χ1) is 9.70. The van der Waals surface area contributed by atoms with Crippen molar-refractivity contribution in [1.29, 1.82) is 0 Å². The molecule has 0 radical (unpaired) electrons. The predicted molar refractivity (Wildman–Crippen MR) is 73.9 cm³/mol. The van der Waals surface area contributed by atoms with Gasteiger partial charge >= 0.3 is 0 Å². The van der Waals surface area contributed by atoms with E-state index in [2.05, 4.69) is 6.58 Å². The highest BCUT2D eigenvalue weighted by atomic mass is 16.5. The number of carbonyl (C=O) groups is 2. The molecule has 0 bridgehead atoms. The zero-order valence-corrected chi connectivity index (χ0v) is 11.2. The summed E-state index contributed by atoms with van der Waals surface area (Å²) in [4.78, 5) is 25.0. The van der Waals surface area contributed by atoms with Crippen LogP contribution >= 0.6 is 0 Å². The summed E-state index contributed by atoms with van der Waals surface area (Å²) >= 11 is 0. The van der Waals surface area contributed by atoms with Gasteiger partial charge in [0.25, 0.3) is 5.91 Å². The molecule has 20 heavy (non-hydrogen) atoms. The first-order valence-electron chi connectivity index (χ1n) is 6.46. The smallest absolute Gasteiger partial charge is 0.260 e. The van der Waals surface area contributed by atoms with E-state index in [-0.39, 0.29) is 18.3 Å². The Morgan fingerprint density at radius 2 is 1.90 bits per heavy atom. The van der Waals surface area contributed by atoms with Crippen LogP contribution in [-0.4, -0.2) is 49.5 Å². The molecular weight excluding hydrogens is 258 g/mol. The molecule has 1 amide bonds. The van der Waals surface area contributed by atoms with Gasteiger partial charge in [-0.25, -0.2) is 0 Å². The maximum absolute atomic E-state index is 11.9. The highest BCUT2D eigenvalue weighted by Gasteiger charge is 2.17. The first kappa shape index (κ1) is 14.3. The summed E-state index contributed by atoms with van der Waals surface area (Å²) < 4.78 is 10.6. The third kappa shape index (κ3) is 3.68. The fourth-order valence-electron chi connectivity index (χ4n) is 1.88. The Balaban J connectivity index is 1.85. The van der Waals surface area contributed by atoms with Crippen LogP contribution < -0.4 is 4.74 Å². The third-order valence-electron chi connectivity index (χ3n) is 3.05. The van der Waals surface area contributed by atoms with Crippen LogP contribution in [0, 0.1) is 0 Å². The number of carbonyl (C=O) groups excluding carboxylic acids is 2. The Bertz CT molecular complexity index is 489. The molecule has 2 rings (SSSR count). The van der Waals surface area contributed by atoms with Gasteiger partial charge < -0.3 is 14.4 Å². The Morgan fingerprint density at radius 3 is 2.50 bits per heavy atom. The summed E-state index contributed by atoms with van der Waals surface area (Å²) in [6, 6.07) is 6.64. The van der Waals surface area contributed by atoms with Crippen LogP contribution in [0.25, 0.3) is 0 Å². The van der Waals surface area contributed by atoms with Crippen LogP contribution in [0.2, 0.25) is 0 Å². The minimum atomic E-state index is -0.138. The highest BCUT2D eigenvalue weighted by molar-refractivity contribution is 6.04. The zero-order chi connectivity index (χ0) is 14.4. The van der Waals surface area contributed by atoms with Gasteiger partial charge in [0.05, 0.1) is 13.2 Å². The average molecular weight is 275 g/mol. The molecule has 1 saturated heterocycles. The number of benzene rings is 1. The van der Waals surface area contributed by atoms with E-state index in [9.17, 15) is 9.59 Å². The maximum Gasteiger partial charge on any atom is 0.260 e. The van der Waals surface area contributed by atoms with Crippen molar-refractivity contribution in [2.75, 3.05) is 32.9 Å². The SMILES string of the molecule is C=CC(=O)c1ccc(OCC(=O)N2CCOCC2)cc1.